The third kappa shape index (κ3) is 5.41. The van der Waals surface area contributed by atoms with Crippen molar-refractivity contribution in [2.45, 2.75) is 77.4 Å². The molecule has 1 saturated heterocycles. The molecule has 204 valence electrons. The van der Waals surface area contributed by atoms with Crippen molar-refractivity contribution in [3.63, 3.8) is 0 Å². The van der Waals surface area contributed by atoms with Gasteiger partial charge >= 0.3 is 6.09 Å². The van der Waals surface area contributed by atoms with Gasteiger partial charge in [0.2, 0.25) is 5.95 Å². The number of terminal acetylenes is 1. The Balaban J connectivity index is 1.62. The molecule has 3 heterocycles. The van der Waals surface area contributed by atoms with E-state index in [2.05, 4.69) is 49.8 Å². The minimum Gasteiger partial charge on any atom is -0.463 e. The summed E-state index contributed by atoms with van der Waals surface area (Å²) in [5.41, 5.74) is 7.35. The number of amidine groups is 1. The van der Waals surface area contributed by atoms with E-state index in [-0.39, 0.29) is 23.7 Å². The van der Waals surface area contributed by atoms with Crippen LogP contribution in [0.25, 0.3) is 11.2 Å². The molecule has 1 amide bonds. The molecule has 3 fully saturated rings. The molecule has 11 nitrogen and oxygen atoms in total. The fourth-order valence-electron chi connectivity index (χ4n) is 5.97. The second kappa shape index (κ2) is 11.2. The standard InChI is InChI=1S/C27H39N9O2/c1-4-18-8-10-19(11-9-18)15-36-21-23(30-17(3)20-6-5-7-20)32-25(22(28)31-27(37)38)33-24(21)34-26(36)35-13-12-29-14-16(35)2/h1,16-20,29H,5-15H2,2-3H3,(H2,28,31)(H,37,38)(H,30,32,33)/t16-,17-,18?,19?/m1/s1. The fraction of sp³-hybridized carbons (Fsp3) is 0.667. The van der Waals surface area contributed by atoms with Gasteiger partial charge in [-0.25, -0.2) is 14.8 Å². The Hall–Kier alpha value is -3.39. The summed E-state index contributed by atoms with van der Waals surface area (Å²) in [5, 5.41) is 16.3. The Labute approximate surface area is 223 Å². The summed E-state index contributed by atoms with van der Waals surface area (Å²) in [5.74, 6) is 5.67. The predicted octanol–water partition coefficient (Wildman–Crippen LogP) is 3.05. The van der Waals surface area contributed by atoms with Gasteiger partial charge in [0.1, 0.15) is 5.52 Å². The van der Waals surface area contributed by atoms with Crippen molar-refractivity contribution in [2.75, 3.05) is 29.9 Å². The molecule has 2 aromatic rings. The van der Waals surface area contributed by atoms with Gasteiger partial charge < -0.3 is 30.9 Å². The van der Waals surface area contributed by atoms with Crippen molar-refractivity contribution in [3.05, 3.63) is 5.82 Å². The molecule has 0 radical (unpaired) electrons. The van der Waals surface area contributed by atoms with E-state index in [0.717, 1.165) is 63.3 Å². The maximum absolute atomic E-state index is 11.2. The Morgan fingerprint density at radius 3 is 2.66 bits per heavy atom. The third-order valence-electron chi connectivity index (χ3n) is 8.53. The average Bonchev–Trinajstić information content (AvgIpc) is 3.21. The van der Waals surface area contributed by atoms with Crippen LogP contribution in [0.2, 0.25) is 0 Å². The molecule has 1 aliphatic heterocycles. The Kier molecular flexibility index (Phi) is 7.70. The van der Waals surface area contributed by atoms with Crippen molar-refractivity contribution >= 4 is 34.9 Å². The first-order chi connectivity index (χ1) is 18.3. The number of amides is 1. The normalized spacial score (nSPS) is 25.6. The maximum Gasteiger partial charge on any atom is 0.433 e. The number of rotatable bonds is 7. The first-order valence-corrected chi connectivity index (χ1v) is 13.9. The highest BCUT2D eigenvalue weighted by Gasteiger charge is 2.31. The van der Waals surface area contributed by atoms with Crippen LogP contribution in [-0.4, -0.2) is 68.3 Å². The van der Waals surface area contributed by atoms with Crippen LogP contribution in [0.5, 0.6) is 0 Å². The number of carbonyl (C=O) groups is 1. The molecule has 5 N–H and O–H groups in total. The monoisotopic (exact) mass is 521 g/mol. The number of nitrogens with zero attached hydrogens (tertiary/aromatic N) is 6. The summed E-state index contributed by atoms with van der Waals surface area (Å²) in [6.07, 6.45) is 12.2. The van der Waals surface area contributed by atoms with Crippen LogP contribution < -0.4 is 21.3 Å². The van der Waals surface area contributed by atoms with Gasteiger partial charge in [0, 0.05) is 44.2 Å². The van der Waals surface area contributed by atoms with Crippen molar-refractivity contribution in [3.8, 4) is 12.3 Å². The first kappa shape index (κ1) is 26.2. The van der Waals surface area contributed by atoms with Crippen LogP contribution in [0.4, 0.5) is 16.6 Å². The van der Waals surface area contributed by atoms with Crippen LogP contribution in [-0.2, 0) is 6.54 Å². The van der Waals surface area contributed by atoms with Gasteiger partial charge in [-0.05, 0) is 64.2 Å². The number of piperazine rings is 1. The molecular formula is C27H39N9O2. The molecule has 3 aliphatic rings. The highest BCUT2D eigenvalue weighted by molar-refractivity contribution is 6.01. The number of hydrogen-bond donors (Lipinski definition) is 4. The topological polar surface area (TPSA) is 147 Å². The lowest BCUT2D eigenvalue weighted by atomic mass is 9.80. The molecule has 0 spiro atoms. The first-order valence-electron chi connectivity index (χ1n) is 13.9. The zero-order valence-corrected chi connectivity index (χ0v) is 22.4. The Bertz CT molecular complexity index is 1240. The molecular weight excluding hydrogens is 482 g/mol. The number of aromatic nitrogens is 4. The quantitative estimate of drug-likeness (QED) is 0.245. The lowest BCUT2D eigenvalue weighted by Gasteiger charge is -2.36. The van der Waals surface area contributed by atoms with Crippen LogP contribution >= 0.6 is 0 Å². The van der Waals surface area contributed by atoms with Gasteiger partial charge in [0.15, 0.2) is 23.1 Å². The zero-order valence-electron chi connectivity index (χ0n) is 22.4. The summed E-state index contributed by atoms with van der Waals surface area (Å²) < 4.78 is 2.28. The molecule has 0 unspecified atom stereocenters. The van der Waals surface area contributed by atoms with Crippen molar-refractivity contribution in [1.82, 2.24) is 24.8 Å². The van der Waals surface area contributed by atoms with E-state index in [0.29, 0.717) is 29.2 Å². The number of nitrogens with two attached hydrogens (primary N) is 1. The predicted molar refractivity (Wildman–Crippen MR) is 148 cm³/mol. The van der Waals surface area contributed by atoms with Crippen LogP contribution in [0.15, 0.2) is 4.99 Å². The van der Waals surface area contributed by atoms with Gasteiger partial charge in [-0.2, -0.15) is 9.98 Å². The summed E-state index contributed by atoms with van der Waals surface area (Å²) >= 11 is 0. The molecule has 2 saturated carbocycles. The maximum atomic E-state index is 11.2. The molecule has 11 heteroatoms. The molecule has 2 aromatic heterocycles. The molecule has 38 heavy (non-hydrogen) atoms. The molecule has 2 aliphatic carbocycles. The van der Waals surface area contributed by atoms with E-state index in [9.17, 15) is 4.79 Å². The van der Waals surface area contributed by atoms with Crippen LogP contribution in [0, 0.1) is 30.1 Å². The number of carboxylic acid groups (broad SMARTS) is 1. The molecule has 0 bridgehead atoms. The van der Waals surface area contributed by atoms with E-state index in [1.165, 1.54) is 19.3 Å². The SMILES string of the molecule is C#CC1CCC(Cn2c(N3CCNC[C@H]3C)nc3nc(/C(N)=N/C(=O)O)nc(N[C@H](C)C4CCC4)c32)CC1. The van der Waals surface area contributed by atoms with E-state index >= 15 is 0 Å². The minimum absolute atomic E-state index is 0.0716. The van der Waals surface area contributed by atoms with Crippen molar-refractivity contribution in [1.29, 1.82) is 0 Å². The fourth-order valence-corrected chi connectivity index (χ4v) is 5.97. The van der Waals surface area contributed by atoms with Crippen molar-refractivity contribution < 1.29 is 9.90 Å². The van der Waals surface area contributed by atoms with Crippen LogP contribution in [0.3, 0.4) is 0 Å². The number of nitrogens with one attached hydrogen (secondary N) is 2. The number of imidazole rings is 1. The van der Waals surface area contributed by atoms with Gasteiger partial charge in [0.05, 0.1) is 0 Å². The highest BCUT2D eigenvalue weighted by atomic mass is 16.4. The van der Waals surface area contributed by atoms with Gasteiger partial charge in [-0.1, -0.05) is 6.42 Å². The second-order valence-electron chi connectivity index (χ2n) is 11.1. The van der Waals surface area contributed by atoms with Crippen LogP contribution in [0.1, 0.15) is 64.6 Å². The number of aliphatic imine (C=N–C) groups is 1. The lowest BCUT2D eigenvalue weighted by molar-refractivity contribution is 0.205. The zero-order chi connectivity index (χ0) is 26.8. The minimum atomic E-state index is -1.38. The number of anilines is 2. The molecule has 2 atom stereocenters. The third-order valence-corrected chi connectivity index (χ3v) is 8.53. The van der Waals surface area contributed by atoms with E-state index in [1.54, 1.807) is 0 Å². The molecule has 0 aromatic carbocycles. The number of hydrogen-bond acceptors (Lipinski definition) is 7. The van der Waals surface area contributed by atoms with E-state index < -0.39 is 6.09 Å². The Morgan fingerprint density at radius 2 is 2.03 bits per heavy atom. The summed E-state index contributed by atoms with van der Waals surface area (Å²) in [7, 11) is 0. The molecule has 5 rings (SSSR count). The lowest BCUT2D eigenvalue weighted by Crippen LogP contribution is -2.51. The Morgan fingerprint density at radius 1 is 1.26 bits per heavy atom. The van der Waals surface area contributed by atoms with Gasteiger partial charge in [-0.3, -0.25) is 0 Å². The van der Waals surface area contributed by atoms with E-state index in [4.69, 9.17) is 27.2 Å². The van der Waals surface area contributed by atoms with E-state index in [1.807, 2.05) is 0 Å². The smallest absolute Gasteiger partial charge is 0.433 e. The van der Waals surface area contributed by atoms with Gasteiger partial charge in [-0.15, -0.1) is 12.3 Å². The highest BCUT2D eigenvalue weighted by Crippen LogP contribution is 2.36. The average molecular weight is 522 g/mol. The summed E-state index contributed by atoms with van der Waals surface area (Å²) in [6, 6.07) is 0.455. The summed E-state index contributed by atoms with van der Waals surface area (Å²) in [4.78, 5) is 31.4. The van der Waals surface area contributed by atoms with Gasteiger partial charge in [0.25, 0.3) is 0 Å². The number of fused-ring (bicyclic) bond motifs is 1. The second-order valence-corrected chi connectivity index (χ2v) is 11.1. The summed E-state index contributed by atoms with van der Waals surface area (Å²) in [6.45, 7) is 7.75. The largest absolute Gasteiger partial charge is 0.463 e. The van der Waals surface area contributed by atoms with Crippen molar-refractivity contribution in [2.24, 2.45) is 28.5 Å².